The van der Waals surface area contributed by atoms with E-state index < -0.39 is 0 Å². The van der Waals surface area contributed by atoms with E-state index in [0.29, 0.717) is 23.7 Å². The van der Waals surface area contributed by atoms with Crippen molar-refractivity contribution >= 4 is 11.9 Å². The largest absolute Gasteiger partial charge is 0.466 e. The number of ether oxygens (including phenoxy) is 1. The van der Waals surface area contributed by atoms with E-state index in [2.05, 4.69) is 15.6 Å². The second-order valence-corrected chi connectivity index (χ2v) is 6.29. The number of benzene rings is 1. The number of esters is 1. The quantitative estimate of drug-likeness (QED) is 0.479. The first-order valence-corrected chi connectivity index (χ1v) is 8.89. The number of carbonyl (C=O) groups excluding carboxylic acids is 1. The third-order valence-electron chi connectivity index (χ3n) is 4.53. The standard InChI is InChI=1S/C19H25FN4O2/c1-3-26-18(25)14-5-7-16(8-6-14)24-19(22-2)23-12-15-10-13(11-21)4-9-17(15)20/h4,9-10,14,16H,3,5-8,12H2,1-2H3,(H2,22,23,24). The van der Waals surface area contributed by atoms with Crippen molar-refractivity contribution in [1.29, 1.82) is 5.26 Å². The molecule has 2 N–H and O–H groups in total. The number of hydrogen-bond donors (Lipinski definition) is 2. The Morgan fingerprint density at radius 1 is 1.38 bits per heavy atom. The number of guanidine groups is 1. The van der Waals surface area contributed by atoms with Crippen LogP contribution in [-0.4, -0.2) is 31.6 Å². The lowest BCUT2D eigenvalue weighted by molar-refractivity contribution is -0.149. The van der Waals surface area contributed by atoms with Crippen LogP contribution in [0.2, 0.25) is 0 Å². The van der Waals surface area contributed by atoms with E-state index in [0.717, 1.165) is 25.7 Å². The Labute approximate surface area is 153 Å². The first-order valence-electron chi connectivity index (χ1n) is 8.89. The molecule has 7 heteroatoms. The molecule has 0 atom stereocenters. The molecule has 0 spiro atoms. The highest BCUT2D eigenvalue weighted by atomic mass is 19.1. The molecule has 6 nitrogen and oxygen atoms in total. The molecule has 1 aliphatic carbocycles. The van der Waals surface area contributed by atoms with Gasteiger partial charge >= 0.3 is 5.97 Å². The molecule has 1 fully saturated rings. The second kappa shape index (κ2) is 9.76. The minimum Gasteiger partial charge on any atom is -0.466 e. The summed E-state index contributed by atoms with van der Waals surface area (Å²) in [4.78, 5) is 16.0. The van der Waals surface area contributed by atoms with Crippen molar-refractivity contribution in [2.45, 2.75) is 45.2 Å². The van der Waals surface area contributed by atoms with Crippen LogP contribution in [-0.2, 0) is 16.1 Å². The summed E-state index contributed by atoms with van der Waals surface area (Å²) in [5.41, 5.74) is 0.835. The smallest absolute Gasteiger partial charge is 0.308 e. The van der Waals surface area contributed by atoms with E-state index in [1.54, 1.807) is 7.05 Å². The Bertz CT molecular complexity index is 691. The zero-order chi connectivity index (χ0) is 18.9. The molecular weight excluding hydrogens is 335 g/mol. The lowest BCUT2D eigenvalue weighted by Gasteiger charge is -2.29. The number of carbonyl (C=O) groups is 1. The summed E-state index contributed by atoms with van der Waals surface area (Å²) in [5.74, 6) is 0.0836. The fraction of sp³-hybridized carbons (Fsp3) is 0.526. The molecular formula is C19H25FN4O2. The normalized spacial score (nSPS) is 20.2. The molecule has 0 aromatic heterocycles. The van der Waals surface area contributed by atoms with Crippen LogP contribution in [0.1, 0.15) is 43.7 Å². The maximum atomic E-state index is 13.8. The third kappa shape index (κ3) is 5.45. The molecule has 0 unspecified atom stereocenters. The number of hydrogen-bond acceptors (Lipinski definition) is 4. The Morgan fingerprint density at radius 2 is 2.12 bits per heavy atom. The van der Waals surface area contributed by atoms with Gasteiger partial charge in [0.25, 0.3) is 0 Å². The highest BCUT2D eigenvalue weighted by Crippen LogP contribution is 2.25. The van der Waals surface area contributed by atoms with E-state index in [1.165, 1.54) is 18.2 Å². The van der Waals surface area contributed by atoms with Crippen LogP contribution in [0, 0.1) is 23.1 Å². The maximum absolute atomic E-state index is 13.8. The number of nitrogens with zero attached hydrogens (tertiary/aromatic N) is 2. The zero-order valence-electron chi connectivity index (χ0n) is 15.2. The summed E-state index contributed by atoms with van der Waals surface area (Å²) in [6.07, 6.45) is 3.27. The second-order valence-electron chi connectivity index (χ2n) is 6.29. The van der Waals surface area contributed by atoms with Gasteiger partial charge in [-0.2, -0.15) is 5.26 Å². The first-order chi connectivity index (χ1) is 12.6. The van der Waals surface area contributed by atoms with Crippen molar-refractivity contribution in [3.05, 3.63) is 35.1 Å². The topological polar surface area (TPSA) is 86.5 Å². The third-order valence-corrected chi connectivity index (χ3v) is 4.53. The minimum absolute atomic E-state index is 0.0224. The number of halogens is 1. The van der Waals surface area contributed by atoms with E-state index in [1.807, 2.05) is 13.0 Å². The van der Waals surface area contributed by atoms with E-state index in [4.69, 9.17) is 10.00 Å². The molecule has 0 heterocycles. The van der Waals surface area contributed by atoms with Crippen molar-refractivity contribution < 1.29 is 13.9 Å². The van der Waals surface area contributed by atoms with E-state index in [9.17, 15) is 9.18 Å². The maximum Gasteiger partial charge on any atom is 0.308 e. The van der Waals surface area contributed by atoms with Gasteiger partial charge in [0.1, 0.15) is 5.82 Å². The van der Waals surface area contributed by atoms with Crippen LogP contribution in [0.15, 0.2) is 23.2 Å². The molecule has 1 aliphatic rings. The number of rotatable bonds is 5. The average Bonchev–Trinajstić information content (AvgIpc) is 2.66. The Balaban J connectivity index is 1.84. The average molecular weight is 360 g/mol. The molecule has 0 radical (unpaired) electrons. The Hall–Kier alpha value is -2.62. The Morgan fingerprint density at radius 3 is 2.73 bits per heavy atom. The summed E-state index contributed by atoms with van der Waals surface area (Å²) in [7, 11) is 1.65. The van der Waals surface area contributed by atoms with Crippen LogP contribution in [0.5, 0.6) is 0 Å². The summed E-state index contributed by atoms with van der Waals surface area (Å²) >= 11 is 0. The van der Waals surface area contributed by atoms with Gasteiger partial charge in [0.15, 0.2) is 5.96 Å². The number of aliphatic imine (C=N–C) groups is 1. The number of nitriles is 1. The molecule has 1 aromatic carbocycles. The van der Waals surface area contributed by atoms with Crippen molar-refractivity contribution in [3.8, 4) is 6.07 Å². The summed E-state index contributed by atoms with van der Waals surface area (Å²) in [5, 5.41) is 15.3. The Kier molecular flexibility index (Phi) is 7.39. The summed E-state index contributed by atoms with van der Waals surface area (Å²) in [6.45, 7) is 2.46. The molecule has 0 aliphatic heterocycles. The molecule has 0 saturated heterocycles. The first kappa shape index (κ1) is 19.7. The summed E-state index contributed by atoms with van der Waals surface area (Å²) < 4.78 is 18.9. The molecule has 2 rings (SSSR count). The monoisotopic (exact) mass is 360 g/mol. The lowest BCUT2D eigenvalue weighted by Crippen LogP contribution is -2.45. The van der Waals surface area contributed by atoms with E-state index in [-0.39, 0.29) is 30.3 Å². The predicted octanol–water partition coefficient (Wildman–Crippen LogP) is 2.48. The van der Waals surface area contributed by atoms with Crippen LogP contribution < -0.4 is 10.6 Å². The fourth-order valence-corrected chi connectivity index (χ4v) is 3.08. The lowest BCUT2D eigenvalue weighted by atomic mass is 9.86. The van der Waals surface area contributed by atoms with Crippen molar-refractivity contribution in [1.82, 2.24) is 10.6 Å². The van der Waals surface area contributed by atoms with Crippen molar-refractivity contribution in [2.24, 2.45) is 10.9 Å². The highest BCUT2D eigenvalue weighted by molar-refractivity contribution is 5.80. The van der Waals surface area contributed by atoms with Gasteiger partial charge in [-0.15, -0.1) is 0 Å². The van der Waals surface area contributed by atoms with Gasteiger partial charge in [-0.3, -0.25) is 9.79 Å². The molecule has 0 bridgehead atoms. The van der Waals surface area contributed by atoms with Gasteiger partial charge in [0, 0.05) is 25.2 Å². The van der Waals surface area contributed by atoms with Gasteiger partial charge in [0.05, 0.1) is 24.2 Å². The fourth-order valence-electron chi connectivity index (χ4n) is 3.08. The van der Waals surface area contributed by atoms with Crippen LogP contribution in [0.3, 0.4) is 0 Å². The molecule has 1 saturated carbocycles. The van der Waals surface area contributed by atoms with Crippen molar-refractivity contribution in [2.75, 3.05) is 13.7 Å². The highest BCUT2D eigenvalue weighted by Gasteiger charge is 2.27. The molecule has 1 aromatic rings. The van der Waals surface area contributed by atoms with Gasteiger partial charge in [0.2, 0.25) is 0 Å². The van der Waals surface area contributed by atoms with Gasteiger partial charge in [-0.25, -0.2) is 4.39 Å². The van der Waals surface area contributed by atoms with E-state index >= 15 is 0 Å². The predicted molar refractivity (Wildman–Crippen MR) is 96.8 cm³/mol. The molecule has 0 amide bonds. The van der Waals surface area contributed by atoms with Gasteiger partial charge in [-0.05, 0) is 50.8 Å². The van der Waals surface area contributed by atoms with Gasteiger partial charge in [-0.1, -0.05) is 0 Å². The minimum atomic E-state index is -0.359. The van der Waals surface area contributed by atoms with Crippen LogP contribution in [0.25, 0.3) is 0 Å². The zero-order valence-corrected chi connectivity index (χ0v) is 15.2. The van der Waals surface area contributed by atoms with Gasteiger partial charge < -0.3 is 15.4 Å². The van der Waals surface area contributed by atoms with Crippen molar-refractivity contribution in [3.63, 3.8) is 0 Å². The molecule has 26 heavy (non-hydrogen) atoms. The van der Waals surface area contributed by atoms with Crippen LogP contribution >= 0.6 is 0 Å². The SMILES string of the molecule is CCOC(=O)C1CCC(NC(=NC)NCc2cc(C#N)ccc2F)CC1. The molecule has 140 valence electrons. The number of nitrogens with one attached hydrogen (secondary N) is 2. The van der Waals surface area contributed by atoms with Crippen LogP contribution in [0.4, 0.5) is 4.39 Å². The summed E-state index contributed by atoms with van der Waals surface area (Å²) in [6, 6.07) is 6.49.